The van der Waals surface area contributed by atoms with Gasteiger partial charge in [0.2, 0.25) is 19.4 Å². The number of hydrazone groups is 1. The lowest BCUT2D eigenvalue weighted by Crippen LogP contribution is -2.35. The van der Waals surface area contributed by atoms with Crippen molar-refractivity contribution in [1.82, 2.24) is 9.58 Å². The van der Waals surface area contributed by atoms with Gasteiger partial charge in [0.25, 0.3) is 5.91 Å². The number of rotatable bonds is 5. The lowest BCUT2D eigenvalue weighted by Gasteiger charge is -2.20. The molecule has 0 atom stereocenters. The fraction of sp³-hybridized carbons (Fsp3) is 0.304. The van der Waals surface area contributed by atoms with Gasteiger partial charge >= 0.3 is 0 Å². The molecule has 0 unspecified atom stereocenters. The van der Waals surface area contributed by atoms with E-state index in [0.717, 1.165) is 39.3 Å². The molecule has 172 valence electrons. The molecule has 0 bridgehead atoms. The van der Waals surface area contributed by atoms with Crippen molar-refractivity contribution in [3.63, 3.8) is 0 Å². The number of amidine groups is 2. The largest absolute Gasteiger partial charge is 0.344 e. The number of aliphatic imine (C=N–C) groups is 1. The molecule has 0 saturated heterocycles. The number of carbonyl (C=O) groups is 1. The number of aryl methyl sites for hydroxylation is 1. The lowest BCUT2D eigenvalue weighted by atomic mass is 10.1. The average Bonchev–Trinajstić information content (AvgIpc) is 3.28. The van der Waals surface area contributed by atoms with Crippen LogP contribution in [0, 0.1) is 25.2 Å². The standard InChI is InChI=1S/C23H25N5O3S2/c1-14(2)13-33(30,31)23-26-28-20(24)19(21(29)25-22(28)32-23)11-18-10-15(3)27(16(18)4)12-17-8-6-5-7-9-17/h5-11,14,24H,12-13H2,1-4H3/b19-11-,24-20?. The molecule has 0 fully saturated rings. The van der Waals surface area contributed by atoms with Crippen LogP contribution in [0.5, 0.6) is 0 Å². The van der Waals surface area contributed by atoms with E-state index in [-0.39, 0.29) is 32.6 Å². The highest BCUT2D eigenvalue weighted by Gasteiger charge is 2.39. The van der Waals surface area contributed by atoms with Crippen LogP contribution in [-0.2, 0) is 21.2 Å². The highest BCUT2D eigenvalue weighted by Crippen LogP contribution is 2.31. The second kappa shape index (κ2) is 8.75. The van der Waals surface area contributed by atoms with Crippen LogP contribution in [0.4, 0.5) is 0 Å². The Kier molecular flexibility index (Phi) is 6.15. The topological polar surface area (TPSA) is 108 Å². The molecule has 1 amide bonds. The summed E-state index contributed by atoms with van der Waals surface area (Å²) in [4.78, 5) is 16.7. The number of fused-ring (bicyclic) bond motifs is 1. The van der Waals surface area contributed by atoms with Crippen molar-refractivity contribution in [2.75, 3.05) is 5.75 Å². The first-order valence-corrected chi connectivity index (χ1v) is 13.0. The molecule has 2 aliphatic rings. The van der Waals surface area contributed by atoms with Crippen LogP contribution in [0.15, 0.2) is 52.1 Å². The number of hydrogen-bond donors (Lipinski definition) is 1. The number of hydrogen-bond acceptors (Lipinski definition) is 6. The Hall–Kier alpha value is -2.98. The molecule has 1 aromatic heterocycles. The molecule has 2 aromatic rings. The molecule has 10 heteroatoms. The minimum Gasteiger partial charge on any atom is -0.344 e. The van der Waals surface area contributed by atoms with Gasteiger partial charge in [-0.15, -0.1) is 5.10 Å². The first-order chi connectivity index (χ1) is 15.6. The van der Waals surface area contributed by atoms with Crippen LogP contribution < -0.4 is 0 Å². The van der Waals surface area contributed by atoms with Gasteiger partial charge in [0.1, 0.15) is 0 Å². The Balaban J connectivity index is 1.65. The van der Waals surface area contributed by atoms with Crippen LogP contribution in [0.2, 0.25) is 0 Å². The lowest BCUT2D eigenvalue weighted by molar-refractivity contribution is -0.114. The van der Waals surface area contributed by atoms with E-state index >= 15 is 0 Å². The summed E-state index contributed by atoms with van der Waals surface area (Å²) in [6.07, 6.45) is 1.63. The summed E-state index contributed by atoms with van der Waals surface area (Å²) < 4.78 is 27.2. The predicted molar refractivity (Wildman–Crippen MR) is 133 cm³/mol. The maximum Gasteiger partial charge on any atom is 0.283 e. The molecule has 8 nitrogen and oxygen atoms in total. The molecule has 3 heterocycles. The van der Waals surface area contributed by atoms with Crippen molar-refractivity contribution >= 4 is 49.0 Å². The molecule has 1 N–H and O–H groups in total. The molecule has 0 spiro atoms. The van der Waals surface area contributed by atoms with E-state index in [9.17, 15) is 13.2 Å². The second-order valence-corrected chi connectivity index (χ2v) is 11.6. The number of thioether (sulfide) groups is 1. The third kappa shape index (κ3) is 4.58. The Morgan fingerprint density at radius 1 is 1.18 bits per heavy atom. The SMILES string of the molecule is Cc1cc(/C=C2/C(=N)N3N=C(S(=O)(=O)CC(C)C)SC3=NC2=O)c(C)n1Cc1ccccc1. The molecular weight excluding hydrogens is 458 g/mol. The van der Waals surface area contributed by atoms with E-state index in [4.69, 9.17) is 5.41 Å². The van der Waals surface area contributed by atoms with Gasteiger partial charge < -0.3 is 4.57 Å². The zero-order chi connectivity index (χ0) is 23.9. The average molecular weight is 484 g/mol. The van der Waals surface area contributed by atoms with Gasteiger partial charge in [-0.1, -0.05) is 44.2 Å². The summed E-state index contributed by atoms with van der Waals surface area (Å²) in [7, 11) is -3.61. The van der Waals surface area contributed by atoms with Crippen LogP contribution in [0.1, 0.15) is 36.4 Å². The number of aromatic nitrogens is 1. The van der Waals surface area contributed by atoms with E-state index in [1.165, 1.54) is 0 Å². The second-order valence-electron chi connectivity index (χ2n) is 8.46. The quantitative estimate of drug-likeness (QED) is 0.651. The predicted octanol–water partition coefficient (Wildman–Crippen LogP) is 3.80. The van der Waals surface area contributed by atoms with Crippen molar-refractivity contribution in [2.45, 2.75) is 34.2 Å². The van der Waals surface area contributed by atoms with Crippen molar-refractivity contribution in [2.24, 2.45) is 16.0 Å². The molecule has 0 aliphatic carbocycles. The molecule has 1 aromatic carbocycles. The Morgan fingerprint density at radius 3 is 2.55 bits per heavy atom. The highest BCUT2D eigenvalue weighted by atomic mass is 32.3. The summed E-state index contributed by atoms with van der Waals surface area (Å²) in [5.74, 6) is -0.887. The number of sulfone groups is 1. The maximum atomic E-state index is 12.7. The van der Waals surface area contributed by atoms with Gasteiger partial charge in [-0.2, -0.15) is 10.0 Å². The molecule has 4 rings (SSSR count). The third-order valence-corrected chi connectivity index (χ3v) is 8.79. The Labute approximate surface area is 197 Å². The molecule has 33 heavy (non-hydrogen) atoms. The van der Waals surface area contributed by atoms with Crippen LogP contribution in [0.3, 0.4) is 0 Å². The van der Waals surface area contributed by atoms with Crippen LogP contribution in [-0.4, -0.2) is 45.0 Å². The maximum absolute atomic E-state index is 12.7. The summed E-state index contributed by atoms with van der Waals surface area (Å²) >= 11 is 0.815. The molecule has 0 saturated carbocycles. The number of nitrogens with zero attached hydrogens (tertiary/aromatic N) is 4. The molecular formula is C23H25N5O3S2. The van der Waals surface area contributed by atoms with Crippen molar-refractivity contribution in [1.29, 1.82) is 5.41 Å². The number of benzene rings is 1. The van der Waals surface area contributed by atoms with Gasteiger partial charge in [-0.3, -0.25) is 10.2 Å². The van der Waals surface area contributed by atoms with Crippen molar-refractivity contribution < 1.29 is 13.2 Å². The van der Waals surface area contributed by atoms with Gasteiger partial charge in [-0.05, 0) is 54.8 Å². The van der Waals surface area contributed by atoms with E-state index in [1.54, 1.807) is 6.08 Å². The normalized spacial score (nSPS) is 17.6. The summed E-state index contributed by atoms with van der Waals surface area (Å²) in [6.45, 7) is 8.27. The van der Waals surface area contributed by atoms with Gasteiger partial charge in [0.15, 0.2) is 5.84 Å². The van der Waals surface area contributed by atoms with Crippen LogP contribution >= 0.6 is 11.8 Å². The fourth-order valence-corrected chi connectivity index (χ4v) is 6.54. The van der Waals surface area contributed by atoms with E-state index in [0.29, 0.717) is 6.54 Å². The molecule has 2 aliphatic heterocycles. The zero-order valence-electron chi connectivity index (χ0n) is 18.9. The van der Waals surface area contributed by atoms with E-state index in [2.05, 4.69) is 26.8 Å². The van der Waals surface area contributed by atoms with Gasteiger partial charge in [0.05, 0.1) is 11.3 Å². The first-order valence-electron chi connectivity index (χ1n) is 10.5. The monoisotopic (exact) mass is 483 g/mol. The summed E-state index contributed by atoms with van der Waals surface area (Å²) in [5, 5.41) is 13.9. The summed E-state index contributed by atoms with van der Waals surface area (Å²) in [5.41, 5.74) is 4.02. The number of carbonyl (C=O) groups excluding carboxylic acids is 1. The fourth-order valence-electron chi connectivity index (χ4n) is 3.75. The van der Waals surface area contributed by atoms with Gasteiger partial charge in [-0.25, -0.2) is 8.42 Å². The zero-order valence-corrected chi connectivity index (χ0v) is 20.5. The third-order valence-electron chi connectivity index (χ3n) is 5.35. The van der Waals surface area contributed by atoms with Crippen molar-refractivity contribution in [3.05, 3.63) is 64.5 Å². The first kappa shape index (κ1) is 23.2. The highest BCUT2D eigenvalue weighted by molar-refractivity contribution is 8.42. The van der Waals surface area contributed by atoms with Crippen molar-refractivity contribution in [3.8, 4) is 0 Å². The van der Waals surface area contributed by atoms with E-state index < -0.39 is 15.7 Å². The van der Waals surface area contributed by atoms with Crippen LogP contribution in [0.25, 0.3) is 6.08 Å². The Morgan fingerprint density at radius 2 is 1.88 bits per heavy atom. The summed E-state index contributed by atoms with van der Waals surface area (Å²) in [6, 6.07) is 12.0. The minimum absolute atomic E-state index is 0.0582. The minimum atomic E-state index is -3.61. The number of nitrogens with one attached hydrogen (secondary N) is 1. The van der Waals surface area contributed by atoms with E-state index in [1.807, 2.05) is 52.0 Å². The van der Waals surface area contributed by atoms with Gasteiger partial charge in [0, 0.05) is 17.9 Å². The molecule has 0 radical (unpaired) electrons. The smallest absolute Gasteiger partial charge is 0.283 e. The Bertz CT molecular complexity index is 1340. The number of amides is 1.